The number of nitrogens with zero attached hydrogens (tertiary/aromatic N) is 3. The van der Waals surface area contributed by atoms with Gasteiger partial charge in [0.25, 0.3) is 0 Å². The second-order valence-electron chi connectivity index (χ2n) is 8.23. The van der Waals surface area contributed by atoms with Crippen molar-refractivity contribution in [2.75, 3.05) is 18.0 Å². The van der Waals surface area contributed by atoms with Gasteiger partial charge >= 0.3 is 0 Å². The predicted octanol–water partition coefficient (Wildman–Crippen LogP) is 3.42. The molecule has 1 saturated heterocycles. The third kappa shape index (κ3) is 3.55. The maximum Gasteiger partial charge on any atom is 0.225 e. The van der Waals surface area contributed by atoms with Gasteiger partial charge in [0.2, 0.25) is 11.9 Å². The lowest BCUT2D eigenvalue weighted by Crippen LogP contribution is -2.42. The lowest BCUT2D eigenvalue weighted by atomic mass is 9.73. The molecule has 5 heteroatoms. The van der Waals surface area contributed by atoms with Crippen molar-refractivity contribution in [2.45, 2.75) is 56.9 Å². The molecule has 2 aromatic rings. The fraction of sp³-hybridized carbons (Fsp3) is 0.500. The minimum absolute atomic E-state index is 0.164. The molecular formula is C22H28N4O. The van der Waals surface area contributed by atoms with Crippen molar-refractivity contribution in [3.8, 4) is 0 Å². The summed E-state index contributed by atoms with van der Waals surface area (Å²) >= 11 is 0. The van der Waals surface area contributed by atoms with E-state index in [1.165, 1.54) is 11.1 Å². The first-order valence-electron chi connectivity index (χ1n) is 9.98. The van der Waals surface area contributed by atoms with Crippen LogP contribution in [0.4, 0.5) is 5.95 Å². The van der Waals surface area contributed by atoms with Crippen LogP contribution in [0.2, 0.25) is 0 Å². The van der Waals surface area contributed by atoms with Crippen molar-refractivity contribution in [2.24, 2.45) is 0 Å². The number of nitrogens with one attached hydrogen (secondary N) is 1. The fourth-order valence-electron chi connectivity index (χ4n) is 4.88. The topological polar surface area (TPSA) is 58.1 Å². The number of carbonyl (C=O) groups is 1. The minimum atomic E-state index is 0.164. The lowest BCUT2D eigenvalue weighted by molar-refractivity contribution is -0.122. The van der Waals surface area contributed by atoms with E-state index in [9.17, 15) is 4.79 Å². The van der Waals surface area contributed by atoms with Gasteiger partial charge in [-0.15, -0.1) is 0 Å². The molecule has 1 fully saturated rings. The Hall–Kier alpha value is -2.43. The van der Waals surface area contributed by atoms with Crippen molar-refractivity contribution < 1.29 is 4.79 Å². The second-order valence-corrected chi connectivity index (χ2v) is 8.23. The van der Waals surface area contributed by atoms with Gasteiger partial charge in [0.1, 0.15) is 0 Å². The van der Waals surface area contributed by atoms with Gasteiger partial charge < -0.3 is 10.2 Å². The van der Waals surface area contributed by atoms with Crippen molar-refractivity contribution in [1.29, 1.82) is 0 Å². The maximum atomic E-state index is 12.4. The van der Waals surface area contributed by atoms with E-state index in [0.29, 0.717) is 12.3 Å². The maximum absolute atomic E-state index is 12.4. The smallest absolute Gasteiger partial charge is 0.225 e. The Morgan fingerprint density at radius 2 is 1.89 bits per heavy atom. The highest BCUT2D eigenvalue weighted by Gasteiger charge is 2.45. The van der Waals surface area contributed by atoms with Crippen LogP contribution in [0.3, 0.4) is 0 Å². The van der Waals surface area contributed by atoms with Gasteiger partial charge in [0.15, 0.2) is 0 Å². The molecule has 142 valence electrons. The molecule has 0 saturated carbocycles. The van der Waals surface area contributed by atoms with Gasteiger partial charge in [-0.1, -0.05) is 24.3 Å². The Bertz CT molecular complexity index is 797. The SMILES string of the molecule is CC(C)NC(=O)C[C@H]1CC2(CCN(c3ncccn3)CC2)c2ccccc21. The summed E-state index contributed by atoms with van der Waals surface area (Å²) in [5.74, 6) is 1.31. The van der Waals surface area contributed by atoms with Crippen LogP contribution in [-0.2, 0) is 10.2 Å². The molecule has 1 atom stereocenters. The van der Waals surface area contributed by atoms with Gasteiger partial charge in [0.05, 0.1) is 0 Å². The Kier molecular flexibility index (Phi) is 4.85. The average Bonchev–Trinajstić information content (AvgIpc) is 2.96. The summed E-state index contributed by atoms with van der Waals surface area (Å²) in [6, 6.07) is 10.8. The van der Waals surface area contributed by atoms with Crippen LogP contribution >= 0.6 is 0 Å². The molecule has 0 unspecified atom stereocenters. The first-order valence-corrected chi connectivity index (χ1v) is 9.98. The van der Waals surface area contributed by atoms with Crippen molar-refractivity contribution in [1.82, 2.24) is 15.3 Å². The Morgan fingerprint density at radius 3 is 2.59 bits per heavy atom. The molecule has 0 radical (unpaired) electrons. The van der Waals surface area contributed by atoms with E-state index in [-0.39, 0.29) is 17.4 Å². The zero-order valence-corrected chi connectivity index (χ0v) is 16.2. The van der Waals surface area contributed by atoms with E-state index in [1.54, 1.807) is 12.4 Å². The summed E-state index contributed by atoms with van der Waals surface area (Å²) in [6.45, 7) is 5.96. The van der Waals surface area contributed by atoms with Crippen LogP contribution in [0, 0.1) is 0 Å². The van der Waals surface area contributed by atoms with Crippen LogP contribution in [0.25, 0.3) is 0 Å². The van der Waals surface area contributed by atoms with Gasteiger partial charge in [-0.25, -0.2) is 9.97 Å². The molecule has 1 aliphatic carbocycles. The fourth-order valence-corrected chi connectivity index (χ4v) is 4.88. The molecular weight excluding hydrogens is 336 g/mol. The highest BCUT2D eigenvalue weighted by Crippen LogP contribution is 2.52. The quantitative estimate of drug-likeness (QED) is 0.903. The molecule has 1 N–H and O–H groups in total. The third-order valence-electron chi connectivity index (χ3n) is 6.05. The number of hydrogen-bond acceptors (Lipinski definition) is 4. The molecule has 1 spiro atoms. The Balaban J connectivity index is 1.52. The van der Waals surface area contributed by atoms with E-state index in [0.717, 1.165) is 38.3 Å². The molecule has 2 heterocycles. The number of carbonyl (C=O) groups excluding carboxylic acids is 1. The number of piperidine rings is 1. The monoisotopic (exact) mass is 364 g/mol. The average molecular weight is 364 g/mol. The molecule has 1 aromatic heterocycles. The molecule has 1 aromatic carbocycles. The van der Waals surface area contributed by atoms with Crippen molar-refractivity contribution in [3.05, 3.63) is 53.9 Å². The first kappa shape index (κ1) is 18.0. The normalized spacial score (nSPS) is 20.7. The van der Waals surface area contributed by atoms with Gasteiger partial charge in [0, 0.05) is 37.9 Å². The van der Waals surface area contributed by atoms with E-state index in [4.69, 9.17) is 0 Å². The summed E-state index contributed by atoms with van der Waals surface area (Å²) in [5.41, 5.74) is 3.02. The first-order chi connectivity index (χ1) is 13.1. The van der Waals surface area contributed by atoms with E-state index < -0.39 is 0 Å². The lowest BCUT2D eigenvalue weighted by Gasteiger charge is -2.40. The number of anilines is 1. The van der Waals surface area contributed by atoms with Crippen LogP contribution in [0.1, 0.15) is 56.6 Å². The standard InChI is InChI=1S/C22H28N4O/c1-16(2)25-20(27)14-17-15-22(19-7-4-3-6-18(17)19)8-12-26(13-9-22)21-23-10-5-11-24-21/h3-7,10-11,16-17H,8-9,12-15H2,1-2H3,(H,25,27)/t17-/m0/s1. The molecule has 1 amide bonds. The largest absolute Gasteiger partial charge is 0.354 e. The minimum Gasteiger partial charge on any atom is -0.354 e. The molecule has 27 heavy (non-hydrogen) atoms. The number of hydrogen-bond donors (Lipinski definition) is 1. The van der Waals surface area contributed by atoms with E-state index in [2.05, 4.69) is 44.5 Å². The number of aromatic nitrogens is 2. The molecule has 5 nitrogen and oxygen atoms in total. The van der Waals surface area contributed by atoms with Crippen molar-refractivity contribution >= 4 is 11.9 Å². The third-order valence-corrected chi connectivity index (χ3v) is 6.05. The van der Waals surface area contributed by atoms with Crippen LogP contribution in [0.15, 0.2) is 42.7 Å². The summed E-state index contributed by atoms with van der Waals surface area (Å²) in [5, 5.41) is 3.06. The van der Waals surface area contributed by atoms with Crippen LogP contribution < -0.4 is 10.2 Å². The Morgan fingerprint density at radius 1 is 1.19 bits per heavy atom. The molecule has 2 aliphatic rings. The zero-order valence-electron chi connectivity index (χ0n) is 16.2. The number of benzene rings is 1. The highest BCUT2D eigenvalue weighted by atomic mass is 16.1. The van der Waals surface area contributed by atoms with Gasteiger partial charge in [-0.3, -0.25) is 4.79 Å². The van der Waals surface area contributed by atoms with Crippen LogP contribution in [-0.4, -0.2) is 35.0 Å². The molecule has 0 bridgehead atoms. The number of rotatable bonds is 4. The van der Waals surface area contributed by atoms with Crippen LogP contribution in [0.5, 0.6) is 0 Å². The summed E-state index contributed by atoms with van der Waals surface area (Å²) in [7, 11) is 0. The highest BCUT2D eigenvalue weighted by molar-refractivity contribution is 5.77. The number of fused-ring (bicyclic) bond motifs is 2. The molecule has 1 aliphatic heterocycles. The number of amides is 1. The second kappa shape index (κ2) is 7.29. The Labute approximate surface area is 161 Å². The predicted molar refractivity (Wildman–Crippen MR) is 107 cm³/mol. The molecule has 4 rings (SSSR count). The van der Waals surface area contributed by atoms with Gasteiger partial charge in [-0.2, -0.15) is 0 Å². The van der Waals surface area contributed by atoms with Gasteiger partial charge in [-0.05, 0) is 61.6 Å². The van der Waals surface area contributed by atoms with E-state index >= 15 is 0 Å². The summed E-state index contributed by atoms with van der Waals surface area (Å²) < 4.78 is 0. The van der Waals surface area contributed by atoms with Crippen molar-refractivity contribution in [3.63, 3.8) is 0 Å². The summed E-state index contributed by atoms with van der Waals surface area (Å²) in [4.78, 5) is 23.5. The van der Waals surface area contributed by atoms with E-state index in [1.807, 2.05) is 19.9 Å². The summed E-state index contributed by atoms with van der Waals surface area (Å²) in [6.07, 6.45) is 7.45. The zero-order chi connectivity index (χ0) is 18.9.